The number of carboxylic acid groups (broad SMARTS) is 1. The van der Waals surface area contributed by atoms with Gasteiger partial charge in [-0.1, -0.05) is 0 Å². The summed E-state index contributed by atoms with van der Waals surface area (Å²) in [5.74, 6) is -1.09. The number of carboxylic acids is 1. The number of rotatable bonds is 5. The number of methoxy groups -OCH3 is 1. The Hall–Kier alpha value is -2.84. The molecule has 20 heavy (non-hydrogen) atoms. The summed E-state index contributed by atoms with van der Waals surface area (Å²) in [6.45, 7) is 1.30. The van der Waals surface area contributed by atoms with Gasteiger partial charge in [-0.3, -0.25) is 14.9 Å². The van der Waals surface area contributed by atoms with Crippen LogP contribution in [0.1, 0.15) is 6.92 Å². The number of aliphatic carboxylic acids is 1. The standard InChI is InChI=1S/C11H13N3O6/c1-6(10(15)16)12-11(17)13-8-4-3-7(14(18)19)5-9(8)20-2/h3-6H,1-2H3,(H,15,16)(H2,12,13,17). The topological polar surface area (TPSA) is 131 Å². The van der Waals surface area contributed by atoms with Crippen LogP contribution in [0.15, 0.2) is 18.2 Å². The molecule has 0 aliphatic rings. The van der Waals surface area contributed by atoms with Crippen LogP contribution in [0.2, 0.25) is 0 Å². The molecule has 9 nitrogen and oxygen atoms in total. The molecule has 0 aliphatic carbocycles. The molecule has 0 fully saturated rings. The Morgan fingerprint density at radius 2 is 2.10 bits per heavy atom. The highest BCUT2D eigenvalue weighted by atomic mass is 16.6. The van der Waals surface area contributed by atoms with Crippen molar-refractivity contribution in [2.24, 2.45) is 0 Å². The monoisotopic (exact) mass is 283 g/mol. The molecule has 1 aromatic carbocycles. The number of ether oxygens (including phenoxy) is 1. The molecule has 2 amide bonds. The van der Waals surface area contributed by atoms with Gasteiger partial charge in [0.25, 0.3) is 5.69 Å². The molecule has 0 bridgehead atoms. The molecule has 0 spiro atoms. The van der Waals surface area contributed by atoms with Gasteiger partial charge in [-0.05, 0) is 13.0 Å². The van der Waals surface area contributed by atoms with Crippen molar-refractivity contribution in [3.63, 3.8) is 0 Å². The number of nitro benzene ring substituents is 1. The molecule has 1 atom stereocenters. The van der Waals surface area contributed by atoms with E-state index in [1.807, 2.05) is 0 Å². The first-order valence-electron chi connectivity index (χ1n) is 5.48. The molecule has 9 heteroatoms. The molecule has 1 rings (SSSR count). The van der Waals surface area contributed by atoms with E-state index in [0.717, 1.165) is 6.07 Å². The lowest BCUT2D eigenvalue weighted by Gasteiger charge is -2.12. The number of amides is 2. The third-order valence-electron chi connectivity index (χ3n) is 2.36. The Bertz CT molecular complexity index is 545. The largest absolute Gasteiger partial charge is 0.494 e. The fourth-order valence-corrected chi connectivity index (χ4v) is 1.31. The highest BCUT2D eigenvalue weighted by molar-refractivity contribution is 5.93. The number of carbonyl (C=O) groups is 2. The number of nitrogens with zero attached hydrogens (tertiary/aromatic N) is 1. The molecule has 0 saturated heterocycles. The summed E-state index contributed by atoms with van der Waals surface area (Å²) >= 11 is 0. The van der Waals surface area contributed by atoms with E-state index < -0.39 is 23.0 Å². The van der Waals surface area contributed by atoms with Crippen molar-refractivity contribution >= 4 is 23.4 Å². The predicted molar refractivity (Wildman–Crippen MR) is 68.9 cm³/mol. The minimum atomic E-state index is -1.18. The lowest BCUT2D eigenvalue weighted by atomic mass is 10.2. The smallest absolute Gasteiger partial charge is 0.325 e. The van der Waals surface area contributed by atoms with Crippen molar-refractivity contribution in [2.45, 2.75) is 13.0 Å². The molecule has 0 saturated carbocycles. The maximum Gasteiger partial charge on any atom is 0.325 e. The van der Waals surface area contributed by atoms with Gasteiger partial charge in [-0.2, -0.15) is 0 Å². The second-order valence-corrected chi connectivity index (χ2v) is 3.80. The quantitative estimate of drug-likeness (QED) is 0.549. The van der Waals surface area contributed by atoms with Gasteiger partial charge in [0.2, 0.25) is 0 Å². The number of urea groups is 1. The summed E-state index contributed by atoms with van der Waals surface area (Å²) in [7, 11) is 1.29. The molecule has 3 N–H and O–H groups in total. The first-order chi connectivity index (χ1) is 9.35. The molecule has 0 radical (unpaired) electrons. The lowest BCUT2D eigenvalue weighted by molar-refractivity contribution is -0.384. The molecule has 108 valence electrons. The van der Waals surface area contributed by atoms with E-state index >= 15 is 0 Å². The van der Waals surface area contributed by atoms with Gasteiger partial charge in [-0.25, -0.2) is 4.79 Å². The average Bonchev–Trinajstić information content (AvgIpc) is 2.38. The van der Waals surface area contributed by atoms with Crippen LogP contribution in [0.5, 0.6) is 5.75 Å². The van der Waals surface area contributed by atoms with Crippen LogP contribution < -0.4 is 15.4 Å². The van der Waals surface area contributed by atoms with Gasteiger partial charge in [0, 0.05) is 6.07 Å². The molecule has 0 aromatic heterocycles. The highest BCUT2D eigenvalue weighted by Crippen LogP contribution is 2.28. The van der Waals surface area contributed by atoms with Crippen molar-refractivity contribution < 1.29 is 24.4 Å². The molecular formula is C11H13N3O6. The highest BCUT2D eigenvalue weighted by Gasteiger charge is 2.16. The summed E-state index contributed by atoms with van der Waals surface area (Å²) < 4.78 is 4.93. The SMILES string of the molecule is COc1cc([N+](=O)[O-])ccc1NC(=O)NC(C)C(=O)O. The summed E-state index contributed by atoms with van der Waals surface area (Å²) in [5, 5.41) is 23.8. The van der Waals surface area contributed by atoms with E-state index in [-0.39, 0.29) is 17.1 Å². The van der Waals surface area contributed by atoms with Crippen LogP contribution >= 0.6 is 0 Å². The lowest BCUT2D eigenvalue weighted by Crippen LogP contribution is -2.40. The van der Waals surface area contributed by atoms with E-state index in [4.69, 9.17) is 9.84 Å². The Balaban J connectivity index is 2.84. The maximum atomic E-state index is 11.5. The molecule has 0 aliphatic heterocycles. The number of hydrogen-bond donors (Lipinski definition) is 3. The zero-order valence-electron chi connectivity index (χ0n) is 10.7. The third-order valence-corrected chi connectivity index (χ3v) is 2.36. The Morgan fingerprint density at radius 3 is 2.60 bits per heavy atom. The number of benzene rings is 1. The van der Waals surface area contributed by atoms with Crippen molar-refractivity contribution in [3.05, 3.63) is 28.3 Å². The van der Waals surface area contributed by atoms with Gasteiger partial charge in [0.1, 0.15) is 11.8 Å². The summed E-state index contributed by atoms with van der Waals surface area (Å²) in [6.07, 6.45) is 0. The average molecular weight is 283 g/mol. The second-order valence-electron chi connectivity index (χ2n) is 3.80. The number of nitro groups is 1. The van der Waals surface area contributed by atoms with E-state index in [1.165, 1.54) is 26.2 Å². The minimum absolute atomic E-state index is 0.0947. The molecular weight excluding hydrogens is 270 g/mol. The van der Waals surface area contributed by atoms with Gasteiger partial charge in [0.15, 0.2) is 0 Å². The van der Waals surface area contributed by atoms with Crippen LogP contribution in [-0.2, 0) is 4.79 Å². The first-order valence-corrected chi connectivity index (χ1v) is 5.48. The van der Waals surface area contributed by atoms with E-state index in [9.17, 15) is 19.7 Å². The number of carbonyl (C=O) groups excluding carboxylic acids is 1. The second kappa shape index (κ2) is 6.36. The summed E-state index contributed by atoms with van der Waals surface area (Å²) in [6, 6.07) is 1.81. The van der Waals surface area contributed by atoms with Gasteiger partial charge in [-0.15, -0.1) is 0 Å². The molecule has 1 unspecified atom stereocenters. The van der Waals surface area contributed by atoms with Crippen molar-refractivity contribution in [1.29, 1.82) is 0 Å². The van der Waals surface area contributed by atoms with Crippen molar-refractivity contribution in [3.8, 4) is 5.75 Å². The van der Waals surface area contributed by atoms with Gasteiger partial charge in [0.05, 0.1) is 23.8 Å². The predicted octanol–water partition coefficient (Wildman–Crippen LogP) is 1.20. The zero-order chi connectivity index (χ0) is 15.3. The van der Waals surface area contributed by atoms with E-state index in [1.54, 1.807) is 0 Å². The minimum Gasteiger partial charge on any atom is -0.494 e. The Kier molecular flexibility index (Phi) is 4.84. The maximum absolute atomic E-state index is 11.5. The molecule has 1 aromatic rings. The molecule has 0 heterocycles. The normalized spacial score (nSPS) is 11.3. The van der Waals surface area contributed by atoms with Crippen LogP contribution in [-0.4, -0.2) is 35.2 Å². The number of non-ortho nitro benzene ring substituents is 1. The van der Waals surface area contributed by atoms with Crippen LogP contribution in [0.4, 0.5) is 16.2 Å². The third kappa shape index (κ3) is 3.83. The number of anilines is 1. The fourth-order valence-electron chi connectivity index (χ4n) is 1.31. The Labute approximate surface area is 113 Å². The zero-order valence-corrected chi connectivity index (χ0v) is 10.7. The van der Waals surface area contributed by atoms with E-state index in [2.05, 4.69) is 10.6 Å². The first kappa shape index (κ1) is 15.2. The van der Waals surface area contributed by atoms with Gasteiger partial charge < -0.3 is 20.5 Å². The van der Waals surface area contributed by atoms with Crippen LogP contribution in [0, 0.1) is 10.1 Å². The summed E-state index contributed by atoms with van der Waals surface area (Å²) in [4.78, 5) is 32.1. The van der Waals surface area contributed by atoms with Crippen LogP contribution in [0.3, 0.4) is 0 Å². The van der Waals surface area contributed by atoms with Crippen molar-refractivity contribution in [1.82, 2.24) is 5.32 Å². The number of hydrogen-bond acceptors (Lipinski definition) is 5. The van der Waals surface area contributed by atoms with E-state index in [0.29, 0.717) is 0 Å². The Morgan fingerprint density at radius 1 is 1.45 bits per heavy atom. The number of nitrogens with one attached hydrogen (secondary N) is 2. The van der Waals surface area contributed by atoms with Gasteiger partial charge >= 0.3 is 12.0 Å². The fraction of sp³-hybridized carbons (Fsp3) is 0.273. The van der Waals surface area contributed by atoms with Crippen molar-refractivity contribution in [2.75, 3.05) is 12.4 Å². The summed E-state index contributed by atoms with van der Waals surface area (Å²) in [5.41, 5.74) is -0.0000917. The van der Waals surface area contributed by atoms with Crippen LogP contribution in [0.25, 0.3) is 0 Å².